The lowest BCUT2D eigenvalue weighted by Crippen LogP contribution is -1.96. The van der Waals surface area contributed by atoms with Gasteiger partial charge in [-0.15, -0.1) is 0 Å². The zero-order chi connectivity index (χ0) is 35.8. The summed E-state index contributed by atoms with van der Waals surface area (Å²) in [6.07, 6.45) is 3.68. The van der Waals surface area contributed by atoms with Gasteiger partial charge in [-0.1, -0.05) is 170 Å². The van der Waals surface area contributed by atoms with E-state index in [9.17, 15) is 0 Å². The standard InChI is InChI=1S/C51H33N3/c1-2-9-40(10-3-1)51-53-49(32-50(54-51)39-26-22-37(23-27-39)42-11-8-30-52-33-42)38-24-20-35(21-25-38)34-16-18-36(19-17-34)41-28-29-47-45-14-5-4-12-43(45)44-13-6-7-15-46(44)48(47)31-41/h1-33H. The molecular weight excluding hydrogens is 655 g/mol. The van der Waals surface area contributed by atoms with Crippen molar-refractivity contribution in [2.24, 2.45) is 0 Å². The van der Waals surface area contributed by atoms with E-state index in [-0.39, 0.29) is 0 Å². The van der Waals surface area contributed by atoms with E-state index in [1.807, 2.05) is 30.5 Å². The van der Waals surface area contributed by atoms with Gasteiger partial charge in [0.25, 0.3) is 0 Å². The third kappa shape index (κ3) is 5.78. The highest BCUT2D eigenvalue weighted by molar-refractivity contribution is 6.25. The quantitative estimate of drug-likeness (QED) is 0.163. The van der Waals surface area contributed by atoms with Gasteiger partial charge >= 0.3 is 0 Å². The summed E-state index contributed by atoms with van der Waals surface area (Å²) in [5.74, 6) is 0.703. The summed E-state index contributed by atoms with van der Waals surface area (Å²) in [4.78, 5) is 14.3. The summed E-state index contributed by atoms with van der Waals surface area (Å²) in [5, 5.41) is 7.74. The molecular formula is C51H33N3. The predicted molar refractivity (Wildman–Crippen MR) is 225 cm³/mol. The first-order valence-corrected chi connectivity index (χ1v) is 18.2. The number of fused-ring (bicyclic) bond motifs is 6. The highest BCUT2D eigenvalue weighted by Crippen LogP contribution is 2.38. The summed E-state index contributed by atoms with van der Waals surface area (Å²) in [5.41, 5.74) is 11.8. The molecule has 0 saturated carbocycles. The van der Waals surface area contributed by atoms with Crippen molar-refractivity contribution in [3.63, 3.8) is 0 Å². The van der Waals surface area contributed by atoms with Crippen LogP contribution in [0.3, 0.4) is 0 Å². The molecule has 0 saturated heterocycles. The number of rotatable bonds is 6. The van der Waals surface area contributed by atoms with Crippen molar-refractivity contribution in [2.75, 3.05) is 0 Å². The van der Waals surface area contributed by atoms with E-state index < -0.39 is 0 Å². The lowest BCUT2D eigenvalue weighted by atomic mass is 9.92. The summed E-state index contributed by atoms with van der Waals surface area (Å²) in [6, 6.07) is 66.8. The second-order valence-electron chi connectivity index (χ2n) is 13.7. The minimum Gasteiger partial charge on any atom is -0.264 e. The van der Waals surface area contributed by atoms with Gasteiger partial charge in [0.05, 0.1) is 11.4 Å². The summed E-state index contributed by atoms with van der Waals surface area (Å²) >= 11 is 0. The number of pyridine rings is 1. The zero-order valence-corrected chi connectivity index (χ0v) is 29.4. The number of aromatic nitrogens is 3. The Morgan fingerprint density at radius 1 is 0.259 bits per heavy atom. The van der Waals surface area contributed by atoms with Crippen LogP contribution in [0.15, 0.2) is 200 Å². The van der Waals surface area contributed by atoms with Gasteiger partial charge in [-0.3, -0.25) is 4.98 Å². The van der Waals surface area contributed by atoms with E-state index in [1.54, 1.807) is 6.20 Å². The third-order valence-corrected chi connectivity index (χ3v) is 10.4. The SMILES string of the molecule is c1ccc(-c2nc(-c3ccc(-c4ccc(-c5ccc6c7ccccc7c7ccccc7c6c5)cc4)cc3)cc(-c3ccc(-c4cccnc4)cc3)n2)cc1. The van der Waals surface area contributed by atoms with E-state index in [0.29, 0.717) is 5.82 Å². The molecule has 3 heteroatoms. The Kier molecular flexibility index (Phi) is 7.81. The van der Waals surface area contributed by atoms with Crippen molar-refractivity contribution in [2.45, 2.75) is 0 Å². The highest BCUT2D eigenvalue weighted by Gasteiger charge is 2.13. The second kappa shape index (κ2) is 13.4. The van der Waals surface area contributed by atoms with Crippen molar-refractivity contribution in [3.8, 4) is 67.3 Å². The Hall–Kier alpha value is -7.23. The number of hydrogen-bond donors (Lipinski definition) is 0. The van der Waals surface area contributed by atoms with Gasteiger partial charge in [-0.2, -0.15) is 0 Å². The van der Waals surface area contributed by atoms with Crippen LogP contribution < -0.4 is 0 Å². The molecule has 0 aliphatic heterocycles. The van der Waals surface area contributed by atoms with Gasteiger partial charge in [0.15, 0.2) is 5.82 Å². The number of benzene rings is 8. The molecule has 8 aromatic carbocycles. The molecule has 0 N–H and O–H groups in total. The van der Waals surface area contributed by atoms with Gasteiger partial charge in [-0.05, 0) is 83.9 Å². The van der Waals surface area contributed by atoms with Crippen LogP contribution in [-0.2, 0) is 0 Å². The van der Waals surface area contributed by atoms with Gasteiger partial charge in [0.2, 0.25) is 0 Å². The van der Waals surface area contributed by atoms with Crippen LogP contribution in [0.2, 0.25) is 0 Å². The highest BCUT2D eigenvalue weighted by atomic mass is 14.9. The molecule has 252 valence electrons. The molecule has 0 spiro atoms. The Bertz CT molecular complexity index is 2900. The summed E-state index contributed by atoms with van der Waals surface area (Å²) in [6.45, 7) is 0. The molecule has 3 nitrogen and oxygen atoms in total. The van der Waals surface area contributed by atoms with Crippen LogP contribution in [0, 0.1) is 0 Å². The molecule has 0 fully saturated rings. The monoisotopic (exact) mass is 687 g/mol. The molecule has 0 aliphatic carbocycles. The molecule has 54 heavy (non-hydrogen) atoms. The van der Waals surface area contributed by atoms with Gasteiger partial charge < -0.3 is 0 Å². The fourth-order valence-corrected chi connectivity index (χ4v) is 7.60. The first-order chi connectivity index (χ1) is 26.7. The maximum Gasteiger partial charge on any atom is 0.160 e. The van der Waals surface area contributed by atoms with E-state index in [4.69, 9.17) is 9.97 Å². The van der Waals surface area contributed by atoms with E-state index in [2.05, 4.69) is 169 Å². The Morgan fingerprint density at radius 3 is 1.19 bits per heavy atom. The van der Waals surface area contributed by atoms with E-state index >= 15 is 0 Å². The topological polar surface area (TPSA) is 38.7 Å². The molecule has 0 aliphatic rings. The first kappa shape index (κ1) is 31.5. The molecule has 0 amide bonds. The summed E-state index contributed by atoms with van der Waals surface area (Å²) in [7, 11) is 0. The Labute approximate surface area is 313 Å². The molecule has 10 rings (SSSR count). The third-order valence-electron chi connectivity index (χ3n) is 10.4. The normalized spacial score (nSPS) is 11.3. The van der Waals surface area contributed by atoms with Crippen molar-refractivity contribution >= 4 is 32.3 Å². The zero-order valence-electron chi connectivity index (χ0n) is 29.4. The van der Waals surface area contributed by atoms with Gasteiger partial charge in [0.1, 0.15) is 0 Å². The van der Waals surface area contributed by atoms with Crippen LogP contribution in [-0.4, -0.2) is 15.0 Å². The Balaban J connectivity index is 0.964. The number of hydrogen-bond acceptors (Lipinski definition) is 3. The predicted octanol–water partition coefficient (Wildman–Crippen LogP) is 13.3. The fourth-order valence-electron chi connectivity index (χ4n) is 7.60. The molecule has 0 atom stereocenters. The van der Waals surface area contributed by atoms with Crippen LogP contribution >= 0.6 is 0 Å². The summed E-state index contributed by atoms with van der Waals surface area (Å²) < 4.78 is 0. The van der Waals surface area contributed by atoms with Crippen LogP contribution in [0.25, 0.3) is 99.6 Å². The van der Waals surface area contributed by atoms with Crippen molar-refractivity contribution in [3.05, 3.63) is 200 Å². The van der Waals surface area contributed by atoms with Crippen molar-refractivity contribution in [1.82, 2.24) is 15.0 Å². The van der Waals surface area contributed by atoms with Gasteiger partial charge in [0, 0.05) is 29.1 Å². The van der Waals surface area contributed by atoms with Crippen LogP contribution in [0.1, 0.15) is 0 Å². The average molecular weight is 688 g/mol. The number of nitrogens with zero attached hydrogens (tertiary/aromatic N) is 3. The maximum absolute atomic E-state index is 5.05. The largest absolute Gasteiger partial charge is 0.264 e. The lowest BCUT2D eigenvalue weighted by molar-refractivity contribution is 1.18. The molecule has 2 heterocycles. The molecule has 0 unspecified atom stereocenters. The maximum atomic E-state index is 5.05. The van der Waals surface area contributed by atoms with Crippen molar-refractivity contribution < 1.29 is 0 Å². The lowest BCUT2D eigenvalue weighted by Gasteiger charge is -2.12. The minimum atomic E-state index is 0.703. The molecule has 0 bridgehead atoms. The average Bonchev–Trinajstić information content (AvgIpc) is 3.27. The molecule has 10 aromatic rings. The molecule has 2 aromatic heterocycles. The first-order valence-electron chi connectivity index (χ1n) is 18.2. The van der Waals surface area contributed by atoms with Gasteiger partial charge in [-0.25, -0.2) is 9.97 Å². The Morgan fingerprint density at radius 2 is 0.667 bits per heavy atom. The van der Waals surface area contributed by atoms with E-state index in [0.717, 1.165) is 44.8 Å². The van der Waals surface area contributed by atoms with Crippen LogP contribution in [0.5, 0.6) is 0 Å². The minimum absolute atomic E-state index is 0.703. The van der Waals surface area contributed by atoms with Crippen molar-refractivity contribution in [1.29, 1.82) is 0 Å². The van der Waals surface area contributed by atoms with Crippen LogP contribution in [0.4, 0.5) is 0 Å². The smallest absolute Gasteiger partial charge is 0.160 e. The molecule has 0 radical (unpaired) electrons. The van der Waals surface area contributed by atoms with E-state index in [1.165, 1.54) is 49.0 Å². The fraction of sp³-hybridized carbons (Fsp3) is 0. The second-order valence-corrected chi connectivity index (χ2v) is 13.7.